The number of hydrogen-bond donors (Lipinski definition) is 2. The van der Waals surface area contributed by atoms with Gasteiger partial charge in [-0.2, -0.15) is 5.10 Å². The number of hydrogen-bond acceptors (Lipinski definition) is 4. The van der Waals surface area contributed by atoms with Crippen LogP contribution in [0.3, 0.4) is 0 Å². The van der Waals surface area contributed by atoms with E-state index in [1.165, 1.54) is 5.56 Å². The summed E-state index contributed by atoms with van der Waals surface area (Å²) in [5.74, 6) is 1.59. The van der Waals surface area contributed by atoms with Crippen LogP contribution < -0.4 is 14.8 Å². The Morgan fingerprint density at radius 1 is 1.13 bits per heavy atom. The van der Waals surface area contributed by atoms with E-state index in [1.807, 2.05) is 30.3 Å². The van der Waals surface area contributed by atoms with Gasteiger partial charge in [0.25, 0.3) is 5.91 Å². The number of nitrogens with one attached hydrogen (secondary N) is 2. The first-order valence-electron chi connectivity index (χ1n) is 10.8. The Labute approximate surface area is 182 Å². The third kappa shape index (κ3) is 3.78. The number of amides is 1. The Morgan fingerprint density at radius 3 is 2.65 bits per heavy atom. The normalized spacial score (nSPS) is 24.2. The molecule has 2 aromatic carbocycles. The van der Waals surface area contributed by atoms with E-state index in [-0.39, 0.29) is 18.1 Å². The number of rotatable bonds is 6. The average molecular weight is 418 g/mol. The van der Waals surface area contributed by atoms with E-state index in [2.05, 4.69) is 28.5 Å². The molecular formula is C25H27N3O3. The summed E-state index contributed by atoms with van der Waals surface area (Å²) in [5, 5.41) is 9.96. The SMILES string of the molecule is COc1cc(C(=O)NC2CC3(C2)CC(Oc2ccccc2C)C3)ccc1-c1cn[nH]c1. The molecule has 3 aromatic rings. The summed E-state index contributed by atoms with van der Waals surface area (Å²) in [6.45, 7) is 2.08. The Hall–Kier alpha value is -3.28. The molecule has 0 aliphatic heterocycles. The van der Waals surface area contributed by atoms with Crippen molar-refractivity contribution < 1.29 is 14.3 Å². The summed E-state index contributed by atoms with van der Waals surface area (Å²) in [5.41, 5.74) is 3.96. The summed E-state index contributed by atoms with van der Waals surface area (Å²) in [7, 11) is 1.61. The quantitative estimate of drug-likeness (QED) is 0.619. The van der Waals surface area contributed by atoms with Crippen LogP contribution in [0, 0.1) is 12.3 Å². The Bertz CT molecular complexity index is 1080. The molecule has 5 rings (SSSR count). The Balaban J connectivity index is 1.14. The van der Waals surface area contributed by atoms with E-state index in [0.717, 1.165) is 42.6 Å². The lowest BCUT2D eigenvalue weighted by Gasteiger charge is -2.57. The number of aromatic nitrogens is 2. The molecule has 0 bridgehead atoms. The van der Waals surface area contributed by atoms with Crippen LogP contribution in [-0.4, -0.2) is 35.4 Å². The maximum atomic E-state index is 12.8. The number of aryl methyl sites for hydroxylation is 1. The monoisotopic (exact) mass is 417 g/mol. The van der Waals surface area contributed by atoms with Gasteiger partial charge in [-0.15, -0.1) is 0 Å². The van der Waals surface area contributed by atoms with E-state index >= 15 is 0 Å². The third-order valence-electron chi connectivity index (χ3n) is 6.68. The van der Waals surface area contributed by atoms with Gasteiger partial charge in [0.1, 0.15) is 11.5 Å². The van der Waals surface area contributed by atoms with Crippen LogP contribution in [0.15, 0.2) is 54.9 Å². The van der Waals surface area contributed by atoms with Crippen LogP contribution in [0.5, 0.6) is 11.5 Å². The average Bonchev–Trinajstić information content (AvgIpc) is 3.26. The van der Waals surface area contributed by atoms with Gasteiger partial charge in [-0.1, -0.05) is 18.2 Å². The van der Waals surface area contributed by atoms with Crippen molar-refractivity contribution in [2.24, 2.45) is 5.41 Å². The van der Waals surface area contributed by atoms with E-state index in [0.29, 0.717) is 16.7 Å². The number of nitrogens with zero attached hydrogens (tertiary/aromatic N) is 1. The standard InChI is InChI=1S/C25H27N3O3/c1-16-5-3-4-6-22(16)31-20-12-25(13-20)10-19(11-25)28-24(29)17-7-8-21(23(9-17)30-2)18-14-26-27-15-18/h3-9,14-15,19-20H,10-13H2,1-2H3,(H,26,27)(H,28,29). The van der Waals surface area contributed by atoms with Crippen LogP contribution in [0.25, 0.3) is 11.1 Å². The minimum Gasteiger partial charge on any atom is -0.496 e. The molecule has 160 valence electrons. The van der Waals surface area contributed by atoms with Gasteiger partial charge in [0, 0.05) is 28.9 Å². The fourth-order valence-electron chi connectivity index (χ4n) is 5.02. The highest BCUT2D eigenvalue weighted by Crippen LogP contribution is 2.56. The van der Waals surface area contributed by atoms with Gasteiger partial charge in [-0.05, 0) is 67.9 Å². The molecule has 2 fully saturated rings. The fourth-order valence-corrected chi connectivity index (χ4v) is 5.02. The van der Waals surface area contributed by atoms with Crippen LogP contribution >= 0.6 is 0 Å². The molecule has 2 N–H and O–H groups in total. The van der Waals surface area contributed by atoms with Gasteiger partial charge in [0.2, 0.25) is 0 Å². The van der Waals surface area contributed by atoms with Gasteiger partial charge in [-0.3, -0.25) is 9.89 Å². The summed E-state index contributed by atoms with van der Waals surface area (Å²) >= 11 is 0. The molecule has 0 unspecified atom stereocenters. The number of para-hydroxylation sites is 1. The van der Waals surface area contributed by atoms with E-state index in [9.17, 15) is 4.79 Å². The summed E-state index contributed by atoms with van der Waals surface area (Å²) in [6.07, 6.45) is 8.02. The van der Waals surface area contributed by atoms with Gasteiger partial charge >= 0.3 is 0 Å². The number of carbonyl (C=O) groups is 1. The second-order valence-corrected chi connectivity index (χ2v) is 8.89. The number of carbonyl (C=O) groups excluding carboxylic acids is 1. The molecule has 2 aliphatic carbocycles. The lowest BCUT2D eigenvalue weighted by atomic mass is 9.53. The summed E-state index contributed by atoms with van der Waals surface area (Å²) in [4.78, 5) is 12.8. The number of methoxy groups -OCH3 is 1. The molecule has 2 aliphatic rings. The summed E-state index contributed by atoms with van der Waals surface area (Å²) < 4.78 is 11.7. The molecular weight excluding hydrogens is 390 g/mol. The molecule has 1 spiro atoms. The van der Waals surface area contributed by atoms with Crippen LogP contribution in [0.2, 0.25) is 0 Å². The van der Waals surface area contributed by atoms with Crippen molar-refractivity contribution in [2.45, 2.75) is 44.8 Å². The number of H-pyrrole nitrogens is 1. The van der Waals surface area contributed by atoms with Gasteiger partial charge in [0.15, 0.2) is 0 Å². The molecule has 31 heavy (non-hydrogen) atoms. The van der Waals surface area contributed by atoms with Crippen molar-refractivity contribution >= 4 is 5.91 Å². The molecule has 6 heteroatoms. The van der Waals surface area contributed by atoms with E-state index < -0.39 is 0 Å². The van der Waals surface area contributed by atoms with Crippen LogP contribution in [0.1, 0.15) is 41.6 Å². The molecule has 1 aromatic heterocycles. The Morgan fingerprint density at radius 2 is 1.94 bits per heavy atom. The summed E-state index contributed by atoms with van der Waals surface area (Å²) in [6, 6.07) is 13.9. The molecule has 0 saturated heterocycles. The lowest BCUT2D eigenvalue weighted by Crippen LogP contribution is -2.58. The third-order valence-corrected chi connectivity index (χ3v) is 6.68. The van der Waals surface area contributed by atoms with Crippen LogP contribution in [-0.2, 0) is 0 Å². The minimum atomic E-state index is -0.0519. The second kappa shape index (κ2) is 7.76. The van der Waals surface area contributed by atoms with Crippen molar-refractivity contribution in [3.8, 4) is 22.6 Å². The number of aromatic amines is 1. The second-order valence-electron chi connectivity index (χ2n) is 8.89. The zero-order chi connectivity index (χ0) is 21.4. The predicted molar refractivity (Wildman–Crippen MR) is 118 cm³/mol. The topological polar surface area (TPSA) is 76.2 Å². The first kappa shape index (κ1) is 19.7. The van der Waals surface area contributed by atoms with Crippen molar-refractivity contribution in [2.75, 3.05) is 7.11 Å². The predicted octanol–water partition coefficient (Wildman–Crippen LogP) is 4.51. The van der Waals surface area contributed by atoms with Gasteiger partial charge in [0.05, 0.1) is 19.4 Å². The van der Waals surface area contributed by atoms with E-state index in [4.69, 9.17) is 9.47 Å². The first-order valence-corrected chi connectivity index (χ1v) is 10.8. The van der Waals surface area contributed by atoms with E-state index in [1.54, 1.807) is 25.6 Å². The molecule has 1 heterocycles. The van der Waals surface area contributed by atoms with Crippen molar-refractivity contribution in [3.63, 3.8) is 0 Å². The maximum Gasteiger partial charge on any atom is 0.251 e. The lowest BCUT2D eigenvalue weighted by molar-refractivity contribution is -0.0835. The number of benzene rings is 2. The maximum absolute atomic E-state index is 12.8. The molecule has 0 atom stereocenters. The Kier molecular flexibility index (Phi) is 4.93. The fraction of sp³-hybridized carbons (Fsp3) is 0.360. The molecule has 6 nitrogen and oxygen atoms in total. The highest BCUT2D eigenvalue weighted by Gasteiger charge is 2.54. The smallest absolute Gasteiger partial charge is 0.251 e. The highest BCUT2D eigenvalue weighted by molar-refractivity contribution is 5.95. The van der Waals surface area contributed by atoms with Crippen molar-refractivity contribution in [1.82, 2.24) is 15.5 Å². The number of ether oxygens (including phenoxy) is 2. The van der Waals surface area contributed by atoms with Crippen molar-refractivity contribution in [3.05, 3.63) is 66.0 Å². The van der Waals surface area contributed by atoms with Crippen LogP contribution in [0.4, 0.5) is 0 Å². The largest absolute Gasteiger partial charge is 0.496 e. The first-order chi connectivity index (χ1) is 15.0. The zero-order valence-electron chi connectivity index (χ0n) is 17.9. The van der Waals surface area contributed by atoms with Gasteiger partial charge in [-0.25, -0.2) is 0 Å². The van der Waals surface area contributed by atoms with Crippen molar-refractivity contribution in [1.29, 1.82) is 0 Å². The zero-order valence-corrected chi connectivity index (χ0v) is 17.9. The molecule has 2 saturated carbocycles. The molecule has 0 radical (unpaired) electrons. The molecule has 1 amide bonds. The minimum absolute atomic E-state index is 0.0519. The highest BCUT2D eigenvalue weighted by atomic mass is 16.5. The van der Waals surface area contributed by atoms with Gasteiger partial charge < -0.3 is 14.8 Å².